The molecule has 0 saturated carbocycles. The molecule has 1 saturated heterocycles. The highest BCUT2D eigenvalue weighted by Gasteiger charge is 2.26. The van der Waals surface area contributed by atoms with E-state index in [-0.39, 0.29) is 12.0 Å². The lowest BCUT2D eigenvalue weighted by Gasteiger charge is -2.33. The lowest BCUT2D eigenvalue weighted by atomic mass is 10.1. The van der Waals surface area contributed by atoms with Gasteiger partial charge in [-0.05, 0) is 35.9 Å². The molecule has 24 heavy (non-hydrogen) atoms. The molecular weight excluding hydrogens is 307 g/mol. The number of ether oxygens (including phenoxy) is 1. The number of hydrogen-bond acceptors (Lipinski definition) is 3. The first-order chi connectivity index (χ1) is 11.5. The topological polar surface area (TPSA) is 32.8 Å². The number of halogens is 1. The summed E-state index contributed by atoms with van der Waals surface area (Å²) in [6.07, 6.45) is -0.160. The fraction of sp³-hybridized carbons (Fsp3) is 0.316. The van der Waals surface area contributed by atoms with Gasteiger partial charge in [0.15, 0.2) is 0 Å². The SMILES string of the molecule is CN(C)c1ccc(C2CN(C(=O)c3cccc(F)c3)CCO2)cc1. The van der Waals surface area contributed by atoms with Crippen LogP contribution in [0.3, 0.4) is 0 Å². The van der Waals surface area contributed by atoms with E-state index >= 15 is 0 Å². The van der Waals surface area contributed by atoms with E-state index in [4.69, 9.17) is 4.74 Å². The summed E-state index contributed by atoms with van der Waals surface area (Å²) in [5, 5.41) is 0. The highest BCUT2D eigenvalue weighted by Crippen LogP contribution is 2.25. The molecule has 126 valence electrons. The van der Waals surface area contributed by atoms with E-state index in [2.05, 4.69) is 0 Å². The van der Waals surface area contributed by atoms with Gasteiger partial charge in [-0.25, -0.2) is 4.39 Å². The van der Waals surface area contributed by atoms with Gasteiger partial charge in [-0.15, -0.1) is 0 Å². The number of hydrogen-bond donors (Lipinski definition) is 0. The van der Waals surface area contributed by atoms with Crippen LogP contribution in [0, 0.1) is 5.82 Å². The molecule has 0 bridgehead atoms. The Balaban J connectivity index is 1.73. The Labute approximate surface area is 141 Å². The summed E-state index contributed by atoms with van der Waals surface area (Å²) in [5.74, 6) is -0.558. The lowest BCUT2D eigenvalue weighted by molar-refractivity contribution is -0.0228. The van der Waals surface area contributed by atoms with E-state index in [0.29, 0.717) is 25.3 Å². The minimum Gasteiger partial charge on any atom is -0.378 e. The molecule has 2 aromatic rings. The van der Waals surface area contributed by atoms with Gasteiger partial charge in [0.1, 0.15) is 11.9 Å². The second-order valence-corrected chi connectivity index (χ2v) is 6.11. The van der Waals surface area contributed by atoms with Crippen LogP contribution in [0.15, 0.2) is 48.5 Å². The summed E-state index contributed by atoms with van der Waals surface area (Å²) in [4.78, 5) is 16.3. The van der Waals surface area contributed by atoms with Crippen LogP contribution < -0.4 is 4.90 Å². The molecule has 1 fully saturated rings. The van der Waals surface area contributed by atoms with Crippen LogP contribution >= 0.6 is 0 Å². The van der Waals surface area contributed by atoms with Crippen molar-refractivity contribution in [3.8, 4) is 0 Å². The van der Waals surface area contributed by atoms with Crippen molar-refractivity contribution in [2.24, 2.45) is 0 Å². The molecule has 1 unspecified atom stereocenters. The molecule has 0 aromatic heterocycles. The normalized spacial score (nSPS) is 17.6. The van der Waals surface area contributed by atoms with Crippen LogP contribution in [0.4, 0.5) is 10.1 Å². The minimum absolute atomic E-state index is 0.160. The Morgan fingerprint density at radius 1 is 1.21 bits per heavy atom. The van der Waals surface area contributed by atoms with Crippen molar-refractivity contribution in [3.05, 3.63) is 65.5 Å². The zero-order chi connectivity index (χ0) is 17.1. The fourth-order valence-electron chi connectivity index (χ4n) is 2.83. The molecule has 0 N–H and O–H groups in total. The monoisotopic (exact) mass is 328 g/mol. The van der Waals surface area contributed by atoms with Crippen LogP contribution in [-0.2, 0) is 4.74 Å². The molecule has 1 aliphatic rings. The van der Waals surface area contributed by atoms with E-state index < -0.39 is 5.82 Å². The smallest absolute Gasteiger partial charge is 0.254 e. The number of rotatable bonds is 3. The molecule has 5 heteroatoms. The third-order valence-corrected chi connectivity index (χ3v) is 4.21. The van der Waals surface area contributed by atoms with Crippen molar-refractivity contribution in [1.82, 2.24) is 4.90 Å². The number of benzene rings is 2. The van der Waals surface area contributed by atoms with Crippen molar-refractivity contribution in [1.29, 1.82) is 0 Å². The quantitative estimate of drug-likeness (QED) is 0.868. The maximum absolute atomic E-state index is 13.3. The molecule has 0 radical (unpaired) electrons. The van der Waals surface area contributed by atoms with Crippen LogP contribution in [0.2, 0.25) is 0 Å². The van der Waals surface area contributed by atoms with Gasteiger partial charge in [0.2, 0.25) is 0 Å². The minimum atomic E-state index is -0.398. The van der Waals surface area contributed by atoms with Crippen molar-refractivity contribution in [2.75, 3.05) is 38.7 Å². The summed E-state index contributed by atoms with van der Waals surface area (Å²) in [7, 11) is 3.98. The predicted molar refractivity (Wildman–Crippen MR) is 91.8 cm³/mol. The van der Waals surface area contributed by atoms with Crippen molar-refractivity contribution < 1.29 is 13.9 Å². The standard InChI is InChI=1S/C19H21FN2O2/c1-21(2)17-8-6-14(7-9-17)18-13-22(10-11-24-18)19(23)15-4-3-5-16(20)12-15/h3-9,12,18H,10-11,13H2,1-2H3. The van der Waals surface area contributed by atoms with Gasteiger partial charge in [0, 0.05) is 31.9 Å². The predicted octanol–water partition coefficient (Wildman–Crippen LogP) is 3.11. The number of amides is 1. The first kappa shape index (κ1) is 16.5. The van der Waals surface area contributed by atoms with Gasteiger partial charge < -0.3 is 14.5 Å². The van der Waals surface area contributed by atoms with Gasteiger partial charge in [-0.2, -0.15) is 0 Å². The van der Waals surface area contributed by atoms with Crippen molar-refractivity contribution in [2.45, 2.75) is 6.10 Å². The highest BCUT2D eigenvalue weighted by atomic mass is 19.1. The summed E-state index contributed by atoms with van der Waals surface area (Å²) >= 11 is 0. The number of anilines is 1. The van der Waals surface area contributed by atoms with Crippen molar-refractivity contribution >= 4 is 11.6 Å². The van der Waals surface area contributed by atoms with E-state index in [1.807, 2.05) is 43.3 Å². The van der Waals surface area contributed by atoms with Gasteiger partial charge in [0.25, 0.3) is 5.91 Å². The Morgan fingerprint density at radius 3 is 2.62 bits per heavy atom. The molecule has 3 rings (SSSR count). The molecule has 2 aromatic carbocycles. The number of morpholine rings is 1. The molecule has 1 atom stereocenters. The molecule has 1 heterocycles. The van der Waals surface area contributed by atoms with Gasteiger partial charge in [-0.1, -0.05) is 18.2 Å². The van der Waals surface area contributed by atoms with Gasteiger partial charge in [-0.3, -0.25) is 4.79 Å². The largest absolute Gasteiger partial charge is 0.378 e. The number of carbonyl (C=O) groups is 1. The average molecular weight is 328 g/mol. The Hall–Kier alpha value is -2.40. The summed E-state index contributed by atoms with van der Waals surface area (Å²) in [5.41, 5.74) is 2.53. The number of carbonyl (C=O) groups excluding carboxylic acids is 1. The highest BCUT2D eigenvalue weighted by molar-refractivity contribution is 5.94. The third-order valence-electron chi connectivity index (χ3n) is 4.21. The first-order valence-corrected chi connectivity index (χ1v) is 7.98. The summed E-state index contributed by atoms with van der Waals surface area (Å²) in [6, 6.07) is 13.9. The first-order valence-electron chi connectivity index (χ1n) is 7.98. The maximum Gasteiger partial charge on any atom is 0.254 e. The molecule has 0 spiro atoms. The Kier molecular flexibility index (Phi) is 4.81. The molecular formula is C19H21FN2O2. The second-order valence-electron chi connectivity index (χ2n) is 6.11. The second kappa shape index (κ2) is 7.01. The summed E-state index contributed by atoms with van der Waals surface area (Å²) in [6.45, 7) is 1.46. The van der Waals surface area contributed by atoms with Gasteiger partial charge in [0.05, 0.1) is 13.2 Å². The van der Waals surface area contributed by atoms with Crippen LogP contribution in [0.25, 0.3) is 0 Å². The van der Waals surface area contributed by atoms with E-state index in [1.165, 1.54) is 12.1 Å². The third kappa shape index (κ3) is 3.57. The maximum atomic E-state index is 13.3. The fourth-order valence-corrected chi connectivity index (χ4v) is 2.83. The Bertz CT molecular complexity index is 716. The lowest BCUT2D eigenvalue weighted by Crippen LogP contribution is -2.42. The molecule has 0 aliphatic carbocycles. The Morgan fingerprint density at radius 2 is 1.96 bits per heavy atom. The molecule has 4 nitrogen and oxygen atoms in total. The van der Waals surface area contributed by atoms with Crippen LogP contribution in [0.1, 0.15) is 22.0 Å². The average Bonchev–Trinajstić information content (AvgIpc) is 2.61. The number of nitrogens with zero attached hydrogens (tertiary/aromatic N) is 2. The zero-order valence-corrected chi connectivity index (χ0v) is 13.9. The van der Waals surface area contributed by atoms with E-state index in [1.54, 1.807) is 17.0 Å². The van der Waals surface area contributed by atoms with E-state index in [0.717, 1.165) is 11.3 Å². The van der Waals surface area contributed by atoms with Crippen LogP contribution in [0.5, 0.6) is 0 Å². The van der Waals surface area contributed by atoms with Crippen molar-refractivity contribution in [3.63, 3.8) is 0 Å². The zero-order valence-electron chi connectivity index (χ0n) is 13.9. The van der Waals surface area contributed by atoms with Gasteiger partial charge >= 0.3 is 0 Å². The van der Waals surface area contributed by atoms with E-state index in [9.17, 15) is 9.18 Å². The summed E-state index contributed by atoms with van der Waals surface area (Å²) < 4.78 is 19.2. The van der Waals surface area contributed by atoms with Crippen LogP contribution in [-0.4, -0.2) is 44.6 Å². The molecule has 1 aliphatic heterocycles. The molecule has 1 amide bonds.